The Morgan fingerprint density at radius 2 is 1.30 bits per heavy atom. The van der Waals surface area contributed by atoms with Crippen molar-refractivity contribution in [3.63, 3.8) is 0 Å². The molecule has 3 nitrogen and oxygen atoms in total. The fourth-order valence-corrected chi connectivity index (χ4v) is 4.53. The molecule has 0 aliphatic heterocycles. The fraction of sp³-hybridized carbons (Fsp3) is 0. The van der Waals surface area contributed by atoms with Gasteiger partial charge in [-0.25, -0.2) is 4.85 Å². The van der Waals surface area contributed by atoms with Gasteiger partial charge in [0, 0.05) is 28.9 Å². The lowest BCUT2D eigenvalue weighted by molar-refractivity contribution is 1.18. The number of benzene rings is 4. The summed E-state index contributed by atoms with van der Waals surface area (Å²) < 4.78 is 2.33. The average Bonchev–Trinajstić information content (AvgIpc) is 3.23. The van der Waals surface area contributed by atoms with Crippen LogP contribution in [0, 0.1) is 6.57 Å². The third kappa shape index (κ3) is 3.26. The monoisotopic (exact) mass is 421 g/mol. The Bertz CT molecular complexity index is 1670. The maximum Gasteiger partial charge on any atom is 0.205 e. The first-order valence-corrected chi connectivity index (χ1v) is 10.8. The third-order valence-corrected chi connectivity index (χ3v) is 6.07. The molecule has 0 saturated heterocycles. The van der Waals surface area contributed by atoms with Crippen LogP contribution < -0.4 is 0 Å². The second kappa shape index (κ2) is 7.78. The van der Waals surface area contributed by atoms with Gasteiger partial charge in [-0.1, -0.05) is 66.7 Å². The highest BCUT2D eigenvalue weighted by Gasteiger charge is 2.13. The van der Waals surface area contributed by atoms with Crippen molar-refractivity contribution in [1.82, 2.24) is 9.55 Å². The minimum Gasteiger partial charge on any atom is -0.309 e. The summed E-state index contributed by atoms with van der Waals surface area (Å²) in [5, 5.41) is 2.49. The van der Waals surface area contributed by atoms with E-state index in [-0.39, 0.29) is 0 Å². The summed E-state index contributed by atoms with van der Waals surface area (Å²) in [6, 6.07) is 36.1. The Labute approximate surface area is 192 Å². The molecule has 0 atom stereocenters. The van der Waals surface area contributed by atoms with Crippen LogP contribution in [0.15, 0.2) is 116 Å². The molecule has 0 unspecified atom stereocenters. The number of pyridine rings is 1. The second-order valence-corrected chi connectivity index (χ2v) is 8.04. The number of hydrogen-bond acceptors (Lipinski definition) is 1. The smallest absolute Gasteiger partial charge is 0.205 e. The Balaban J connectivity index is 1.55. The van der Waals surface area contributed by atoms with Gasteiger partial charge < -0.3 is 4.57 Å². The highest BCUT2D eigenvalue weighted by molar-refractivity contribution is 6.10. The standard InChI is InChI=1S/C30H19N3/c1-31-25-17-24(19-32-20-25)22-9-7-8-21(16-22)23-14-15-28-27-12-5-6-13-29(27)33(30(28)18-23)26-10-3-2-4-11-26/h2-20H. The predicted molar refractivity (Wildman–Crippen MR) is 136 cm³/mol. The van der Waals surface area contributed by atoms with Gasteiger partial charge in [-0.3, -0.25) is 4.98 Å². The van der Waals surface area contributed by atoms with Crippen LogP contribution in [-0.4, -0.2) is 9.55 Å². The van der Waals surface area contributed by atoms with Crippen molar-refractivity contribution in [2.45, 2.75) is 0 Å². The Morgan fingerprint density at radius 1 is 0.576 bits per heavy atom. The van der Waals surface area contributed by atoms with E-state index in [1.54, 1.807) is 6.20 Å². The van der Waals surface area contributed by atoms with Gasteiger partial charge in [0.15, 0.2) is 0 Å². The van der Waals surface area contributed by atoms with E-state index in [9.17, 15) is 0 Å². The van der Waals surface area contributed by atoms with Crippen molar-refractivity contribution in [3.05, 3.63) is 127 Å². The van der Waals surface area contributed by atoms with Crippen molar-refractivity contribution >= 4 is 27.5 Å². The van der Waals surface area contributed by atoms with Crippen LogP contribution in [-0.2, 0) is 0 Å². The van der Waals surface area contributed by atoms with E-state index < -0.39 is 0 Å². The molecule has 6 rings (SSSR count). The lowest BCUT2D eigenvalue weighted by atomic mass is 9.99. The molecule has 4 aromatic carbocycles. The topological polar surface area (TPSA) is 22.2 Å². The van der Waals surface area contributed by atoms with Crippen molar-refractivity contribution in [1.29, 1.82) is 0 Å². The van der Waals surface area contributed by atoms with Crippen LogP contribution in [0.25, 0.3) is 54.6 Å². The zero-order valence-electron chi connectivity index (χ0n) is 17.8. The summed E-state index contributed by atoms with van der Waals surface area (Å²) in [4.78, 5) is 7.74. The fourth-order valence-electron chi connectivity index (χ4n) is 4.53. The highest BCUT2D eigenvalue weighted by atomic mass is 15.0. The van der Waals surface area contributed by atoms with Crippen LogP contribution in [0.1, 0.15) is 0 Å². The summed E-state index contributed by atoms with van der Waals surface area (Å²) in [6.45, 7) is 7.28. The normalized spacial score (nSPS) is 11.0. The van der Waals surface area contributed by atoms with E-state index in [1.165, 1.54) is 21.8 Å². The summed E-state index contributed by atoms with van der Waals surface area (Å²) in [5.41, 5.74) is 8.36. The summed E-state index contributed by atoms with van der Waals surface area (Å²) in [7, 11) is 0. The molecule has 0 spiro atoms. The number of rotatable bonds is 3. The van der Waals surface area contributed by atoms with Crippen LogP contribution in [0.3, 0.4) is 0 Å². The van der Waals surface area contributed by atoms with Crippen molar-refractivity contribution in [2.24, 2.45) is 0 Å². The first kappa shape index (κ1) is 19.0. The molecule has 0 bridgehead atoms. The molecule has 0 amide bonds. The van der Waals surface area contributed by atoms with Gasteiger partial charge >= 0.3 is 0 Å². The van der Waals surface area contributed by atoms with Crippen LogP contribution in [0.2, 0.25) is 0 Å². The van der Waals surface area contributed by atoms with Crippen LogP contribution >= 0.6 is 0 Å². The summed E-state index contributed by atoms with van der Waals surface area (Å²) in [5.74, 6) is 0. The molecule has 0 saturated carbocycles. The number of aromatic nitrogens is 2. The number of nitrogens with zero attached hydrogens (tertiary/aromatic N) is 3. The first-order chi connectivity index (χ1) is 16.3. The maximum atomic E-state index is 7.28. The van der Waals surface area contributed by atoms with E-state index in [4.69, 9.17) is 6.57 Å². The van der Waals surface area contributed by atoms with Crippen LogP contribution in [0.5, 0.6) is 0 Å². The molecule has 154 valence electrons. The summed E-state index contributed by atoms with van der Waals surface area (Å²) in [6.07, 6.45) is 3.40. The van der Waals surface area contributed by atoms with Crippen LogP contribution in [0.4, 0.5) is 5.69 Å². The third-order valence-electron chi connectivity index (χ3n) is 6.07. The first-order valence-electron chi connectivity index (χ1n) is 10.8. The van der Waals surface area contributed by atoms with Gasteiger partial charge in [0.05, 0.1) is 17.6 Å². The van der Waals surface area contributed by atoms with Gasteiger partial charge in [-0.15, -0.1) is 0 Å². The summed E-state index contributed by atoms with van der Waals surface area (Å²) >= 11 is 0. The maximum absolute atomic E-state index is 7.28. The molecule has 0 fully saturated rings. The Hall–Kier alpha value is -4.68. The lowest BCUT2D eigenvalue weighted by Crippen LogP contribution is -1.93. The van der Waals surface area contributed by atoms with Crippen molar-refractivity contribution < 1.29 is 0 Å². The highest BCUT2D eigenvalue weighted by Crippen LogP contribution is 2.35. The molecule has 0 N–H and O–H groups in total. The molecule has 0 aliphatic rings. The lowest BCUT2D eigenvalue weighted by Gasteiger charge is -2.10. The second-order valence-electron chi connectivity index (χ2n) is 8.04. The Kier molecular flexibility index (Phi) is 4.49. The van der Waals surface area contributed by atoms with Crippen molar-refractivity contribution in [2.75, 3.05) is 0 Å². The minimum absolute atomic E-state index is 0.548. The molecule has 0 radical (unpaired) electrons. The Morgan fingerprint density at radius 3 is 2.15 bits per heavy atom. The number of fused-ring (bicyclic) bond motifs is 3. The van der Waals surface area contributed by atoms with Gasteiger partial charge in [-0.05, 0) is 58.7 Å². The van der Waals surface area contributed by atoms with E-state index in [2.05, 4.69) is 105 Å². The predicted octanol–water partition coefficient (Wildman–Crippen LogP) is 8.06. The van der Waals surface area contributed by atoms with Gasteiger partial charge in [0.1, 0.15) is 0 Å². The molecule has 6 aromatic rings. The van der Waals surface area contributed by atoms with E-state index >= 15 is 0 Å². The molecule has 0 aliphatic carbocycles. The minimum atomic E-state index is 0.548. The largest absolute Gasteiger partial charge is 0.309 e. The quantitative estimate of drug-likeness (QED) is 0.265. The van der Waals surface area contributed by atoms with E-state index in [1.807, 2.05) is 18.3 Å². The molecule has 2 aromatic heterocycles. The molecule has 2 heterocycles. The molecule has 33 heavy (non-hydrogen) atoms. The molecular formula is C30H19N3. The van der Waals surface area contributed by atoms with E-state index in [0.29, 0.717) is 5.69 Å². The zero-order chi connectivity index (χ0) is 22.2. The molecular weight excluding hydrogens is 402 g/mol. The average molecular weight is 422 g/mol. The van der Waals surface area contributed by atoms with Gasteiger partial charge in [0.25, 0.3) is 0 Å². The zero-order valence-corrected chi connectivity index (χ0v) is 17.8. The molecule has 3 heteroatoms. The SMILES string of the molecule is [C-]#[N+]c1cncc(-c2cccc(-c3ccc4c5ccccc5n(-c5ccccc5)c4c3)c2)c1. The van der Waals surface area contributed by atoms with Crippen molar-refractivity contribution in [3.8, 4) is 27.9 Å². The van der Waals surface area contributed by atoms with E-state index in [0.717, 1.165) is 27.9 Å². The van der Waals surface area contributed by atoms with Gasteiger partial charge in [-0.2, -0.15) is 0 Å². The number of hydrogen-bond donors (Lipinski definition) is 0. The van der Waals surface area contributed by atoms with Gasteiger partial charge in [0.2, 0.25) is 5.69 Å². The number of para-hydroxylation sites is 2.